The van der Waals surface area contributed by atoms with Gasteiger partial charge in [-0.2, -0.15) is 0 Å². The minimum Gasteiger partial charge on any atom is -0.349 e. The van der Waals surface area contributed by atoms with E-state index in [1.54, 1.807) is 0 Å². The van der Waals surface area contributed by atoms with Gasteiger partial charge < -0.3 is 9.88 Å². The zero-order valence-corrected chi connectivity index (χ0v) is 18.7. The van der Waals surface area contributed by atoms with Crippen LogP contribution < -0.4 is 5.32 Å². The first-order valence-electron chi connectivity index (χ1n) is 10.8. The van der Waals surface area contributed by atoms with Crippen molar-refractivity contribution in [3.8, 4) is 0 Å². The van der Waals surface area contributed by atoms with E-state index < -0.39 is 0 Å². The van der Waals surface area contributed by atoms with Gasteiger partial charge in [-0.25, -0.2) is 0 Å². The molecule has 1 fully saturated rings. The highest BCUT2D eigenvalue weighted by molar-refractivity contribution is 7.99. The highest BCUT2D eigenvalue weighted by Crippen LogP contribution is 2.21. The molecular formula is C24H29N5OS. The highest BCUT2D eigenvalue weighted by Gasteiger charge is 2.19. The largest absolute Gasteiger partial charge is 0.349 e. The van der Waals surface area contributed by atoms with Gasteiger partial charge in [0.15, 0.2) is 5.16 Å². The normalized spacial score (nSPS) is 15.1. The monoisotopic (exact) mass is 435 g/mol. The lowest BCUT2D eigenvalue weighted by atomic mass is 10.1. The molecule has 1 aliphatic heterocycles. The molecule has 0 spiro atoms. The lowest BCUT2D eigenvalue weighted by molar-refractivity contribution is -0.119. The van der Waals surface area contributed by atoms with Gasteiger partial charge in [-0.15, -0.1) is 10.2 Å². The van der Waals surface area contributed by atoms with E-state index in [4.69, 9.17) is 0 Å². The number of thioether (sulfide) groups is 1. The van der Waals surface area contributed by atoms with Gasteiger partial charge in [-0.3, -0.25) is 9.69 Å². The first-order chi connectivity index (χ1) is 15.2. The summed E-state index contributed by atoms with van der Waals surface area (Å²) in [5.41, 5.74) is 2.30. The van der Waals surface area contributed by atoms with Crippen LogP contribution in [0.3, 0.4) is 0 Å². The summed E-state index contributed by atoms with van der Waals surface area (Å²) in [6.45, 7) is 5.74. The summed E-state index contributed by atoms with van der Waals surface area (Å²) in [6.07, 6.45) is 2.49. The molecule has 31 heavy (non-hydrogen) atoms. The second-order valence-electron chi connectivity index (χ2n) is 7.94. The predicted molar refractivity (Wildman–Crippen MR) is 124 cm³/mol. The van der Waals surface area contributed by atoms with Crippen molar-refractivity contribution in [2.24, 2.45) is 0 Å². The maximum atomic E-state index is 12.6. The third-order valence-corrected chi connectivity index (χ3v) is 6.52. The Kier molecular flexibility index (Phi) is 7.38. The Hall–Kier alpha value is -2.64. The Bertz CT molecular complexity index is 970. The van der Waals surface area contributed by atoms with Gasteiger partial charge in [0.2, 0.25) is 5.91 Å². The fourth-order valence-electron chi connectivity index (χ4n) is 3.85. The second-order valence-corrected chi connectivity index (χ2v) is 8.88. The minimum absolute atomic E-state index is 0.00305. The molecule has 7 heteroatoms. The van der Waals surface area contributed by atoms with E-state index in [-0.39, 0.29) is 11.9 Å². The number of rotatable bonds is 9. The molecule has 1 aromatic heterocycles. The number of nitrogens with zero attached hydrogens (tertiary/aromatic N) is 4. The summed E-state index contributed by atoms with van der Waals surface area (Å²) in [5, 5.41) is 12.8. The average Bonchev–Trinajstić information content (AvgIpc) is 3.44. The van der Waals surface area contributed by atoms with Crippen molar-refractivity contribution in [2.45, 2.75) is 44.1 Å². The van der Waals surface area contributed by atoms with E-state index in [1.807, 2.05) is 55.5 Å². The van der Waals surface area contributed by atoms with Crippen LogP contribution >= 0.6 is 11.8 Å². The molecule has 0 radical (unpaired) electrons. The maximum absolute atomic E-state index is 12.6. The quantitative estimate of drug-likeness (QED) is 0.517. The molecule has 0 bridgehead atoms. The lowest BCUT2D eigenvalue weighted by Crippen LogP contribution is -2.28. The number of amides is 1. The Morgan fingerprint density at radius 3 is 2.39 bits per heavy atom. The fraction of sp³-hybridized carbons (Fsp3) is 0.375. The van der Waals surface area contributed by atoms with Gasteiger partial charge in [0.1, 0.15) is 5.82 Å². The van der Waals surface area contributed by atoms with Crippen LogP contribution in [-0.2, 0) is 17.9 Å². The Balaban J connectivity index is 1.42. The van der Waals surface area contributed by atoms with Crippen LogP contribution in [0, 0.1) is 0 Å². The van der Waals surface area contributed by atoms with Crippen LogP contribution in [0.4, 0.5) is 0 Å². The molecule has 162 valence electrons. The molecular weight excluding hydrogens is 406 g/mol. The minimum atomic E-state index is -0.0257. The number of likely N-dealkylation sites (tertiary alicyclic amines) is 1. The first-order valence-corrected chi connectivity index (χ1v) is 11.8. The second kappa shape index (κ2) is 10.6. The summed E-state index contributed by atoms with van der Waals surface area (Å²) >= 11 is 1.45. The number of hydrogen-bond donors (Lipinski definition) is 1. The summed E-state index contributed by atoms with van der Waals surface area (Å²) in [7, 11) is 0. The molecule has 1 amide bonds. The standard InChI is InChI=1S/C24H29N5OS/c1-19(21-12-6-3-7-13-21)25-23(30)18-31-24-27-26-22(17-28-14-8-9-15-28)29(24)16-20-10-4-2-5-11-20/h2-7,10-13,19H,8-9,14-18H2,1H3,(H,25,30). The molecule has 1 unspecified atom stereocenters. The van der Waals surface area contributed by atoms with Crippen LogP contribution in [0.15, 0.2) is 65.8 Å². The summed E-state index contributed by atoms with van der Waals surface area (Å²) in [6, 6.07) is 20.3. The molecule has 1 aliphatic rings. The summed E-state index contributed by atoms with van der Waals surface area (Å²) < 4.78 is 2.16. The molecule has 3 aromatic rings. The van der Waals surface area contributed by atoms with Crippen molar-refractivity contribution in [3.05, 3.63) is 77.6 Å². The zero-order valence-electron chi connectivity index (χ0n) is 17.9. The molecule has 2 aromatic carbocycles. The van der Waals surface area contributed by atoms with E-state index in [2.05, 4.69) is 37.1 Å². The van der Waals surface area contributed by atoms with Crippen molar-refractivity contribution < 1.29 is 4.79 Å². The molecule has 0 saturated carbocycles. The van der Waals surface area contributed by atoms with Crippen molar-refractivity contribution in [2.75, 3.05) is 18.8 Å². The Morgan fingerprint density at radius 2 is 1.68 bits per heavy atom. The average molecular weight is 436 g/mol. The van der Waals surface area contributed by atoms with Crippen LogP contribution in [0.5, 0.6) is 0 Å². The van der Waals surface area contributed by atoms with Crippen molar-refractivity contribution >= 4 is 17.7 Å². The SMILES string of the molecule is CC(NC(=O)CSc1nnc(CN2CCCC2)n1Cc1ccccc1)c1ccccc1. The van der Waals surface area contributed by atoms with Crippen LogP contribution in [0.25, 0.3) is 0 Å². The van der Waals surface area contributed by atoms with Crippen LogP contribution in [0.1, 0.15) is 42.8 Å². The van der Waals surface area contributed by atoms with E-state index in [0.29, 0.717) is 12.3 Å². The van der Waals surface area contributed by atoms with Gasteiger partial charge in [-0.1, -0.05) is 72.4 Å². The molecule has 1 saturated heterocycles. The topological polar surface area (TPSA) is 63.1 Å². The van der Waals surface area contributed by atoms with Crippen molar-refractivity contribution in [1.82, 2.24) is 25.0 Å². The molecule has 4 rings (SSSR count). The molecule has 0 aliphatic carbocycles. The zero-order chi connectivity index (χ0) is 21.5. The molecule has 1 atom stereocenters. The predicted octanol–water partition coefficient (Wildman–Crippen LogP) is 3.89. The van der Waals surface area contributed by atoms with Gasteiger partial charge in [0.05, 0.1) is 24.9 Å². The Morgan fingerprint density at radius 1 is 1.00 bits per heavy atom. The first kappa shape index (κ1) is 21.6. The van der Waals surface area contributed by atoms with Crippen molar-refractivity contribution in [3.63, 3.8) is 0 Å². The van der Waals surface area contributed by atoms with E-state index in [1.165, 1.54) is 30.2 Å². The molecule has 1 N–H and O–H groups in total. The van der Waals surface area contributed by atoms with Gasteiger partial charge in [0, 0.05) is 0 Å². The van der Waals surface area contributed by atoms with E-state index in [9.17, 15) is 4.79 Å². The van der Waals surface area contributed by atoms with E-state index in [0.717, 1.165) is 36.2 Å². The maximum Gasteiger partial charge on any atom is 0.230 e. The van der Waals surface area contributed by atoms with Crippen molar-refractivity contribution in [1.29, 1.82) is 0 Å². The smallest absolute Gasteiger partial charge is 0.230 e. The fourth-order valence-corrected chi connectivity index (χ4v) is 4.61. The molecule has 2 heterocycles. The van der Waals surface area contributed by atoms with E-state index >= 15 is 0 Å². The van der Waals surface area contributed by atoms with Crippen LogP contribution in [-0.4, -0.2) is 44.4 Å². The number of carbonyl (C=O) groups excluding carboxylic acids is 1. The molecule has 6 nitrogen and oxygen atoms in total. The van der Waals surface area contributed by atoms with Crippen LogP contribution in [0.2, 0.25) is 0 Å². The van der Waals surface area contributed by atoms with Gasteiger partial charge >= 0.3 is 0 Å². The lowest BCUT2D eigenvalue weighted by Gasteiger charge is -2.16. The third-order valence-electron chi connectivity index (χ3n) is 5.55. The number of carbonyl (C=O) groups is 1. The number of benzene rings is 2. The highest BCUT2D eigenvalue weighted by atomic mass is 32.2. The summed E-state index contributed by atoms with van der Waals surface area (Å²) in [5.74, 6) is 1.27. The Labute approximate surface area is 188 Å². The number of aromatic nitrogens is 3. The number of hydrogen-bond acceptors (Lipinski definition) is 5. The number of nitrogens with one attached hydrogen (secondary N) is 1. The summed E-state index contributed by atoms with van der Waals surface area (Å²) in [4.78, 5) is 15.0. The van der Waals surface area contributed by atoms with Gasteiger partial charge in [0.25, 0.3) is 0 Å². The van der Waals surface area contributed by atoms with Gasteiger partial charge in [-0.05, 0) is 44.0 Å². The third kappa shape index (κ3) is 5.95.